The van der Waals surface area contributed by atoms with Gasteiger partial charge in [0.2, 0.25) is 0 Å². The summed E-state index contributed by atoms with van der Waals surface area (Å²) in [5, 5.41) is 0. The third-order valence-corrected chi connectivity index (χ3v) is 4.51. The van der Waals surface area contributed by atoms with Gasteiger partial charge in [0.15, 0.2) is 0 Å². The summed E-state index contributed by atoms with van der Waals surface area (Å²) in [5.41, 5.74) is 2.73. The molecule has 0 fully saturated rings. The number of rotatable bonds is 12. The van der Waals surface area contributed by atoms with Crippen LogP contribution in [0, 0.1) is 17.8 Å². The van der Waals surface area contributed by atoms with Crippen molar-refractivity contribution in [1.82, 2.24) is 0 Å². The van der Waals surface area contributed by atoms with Crippen molar-refractivity contribution in [2.24, 2.45) is 17.8 Å². The van der Waals surface area contributed by atoms with E-state index in [-0.39, 0.29) is 0 Å². The molecule has 0 amide bonds. The van der Waals surface area contributed by atoms with E-state index in [1.54, 1.807) is 0 Å². The van der Waals surface area contributed by atoms with Gasteiger partial charge in [-0.15, -0.1) is 0 Å². The predicted molar refractivity (Wildman–Crippen MR) is 103 cm³/mol. The molecule has 126 valence electrons. The van der Waals surface area contributed by atoms with Crippen LogP contribution in [0.3, 0.4) is 0 Å². The fraction of sp³-hybridized carbons (Fsp3) is 0.636. The van der Waals surface area contributed by atoms with E-state index in [1.807, 2.05) is 6.08 Å². The van der Waals surface area contributed by atoms with Gasteiger partial charge >= 0.3 is 0 Å². The monoisotopic (exact) mass is 302 g/mol. The standard InChI is InChI=1S/C22H38/c1-8-13-19(6)16-11-12-17-22(20(7)18(4)5)21(14-9-2)15-10-3/h8,11,13,16,18,21-22H,1,7,9-10,12,14-15,17H2,2-6H3/b16-11-,19-13-. The molecule has 0 rings (SSSR count). The van der Waals surface area contributed by atoms with Gasteiger partial charge in [-0.3, -0.25) is 0 Å². The van der Waals surface area contributed by atoms with Crippen LogP contribution in [0.1, 0.15) is 73.1 Å². The predicted octanol–water partition coefficient (Wildman–Crippen LogP) is 7.50. The second-order valence-corrected chi connectivity index (χ2v) is 6.80. The number of allylic oxidation sites excluding steroid dienone is 6. The summed E-state index contributed by atoms with van der Waals surface area (Å²) in [6, 6.07) is 0. The molecule has 0 radical (unpaired) electrons. The first kappa shape index (κ1) is 21.0. The van der Waals surface area contributed by atoms with Gasteiger partial charge in [-0.05, 0) is 37.5 Å². The Morgan fingerprint density at radius 3 is 2.09 bits per heavy atom. The molecule has 0 heteroatoms. The lowest BCUT2D eigenvalue weighted by molar-refractivity contribution is 0.298. The number of hydrogen-bond acceptors (Lipinski definition) is 0. The van der Waals surface area contributed by atoms with E-state index in [0.717, 1.165) is 12.3 Å². The zero-order chi connectivity index (χ0) is 17.0. The summed E-state index contributed by atoms with van der Waals surface area (Å²) in [6.07, 6.45) is 16.0. The molecule has 1 atom stereocenters. The molecule has 0 aromatic rings. The van der Waals surface area contributed by atoms with Gasteiger partial charge in [0, 0.05) is 0 Å². The molecule has 0 aromatic heterocycles. The van der Waals surface area contributed by atoms with Crippen LogP contribution in [0.25, 0.3) is 0 Å². The highest BCUT2D eigenvalue weighted by atomic mass is 14.3. The molecule has 22 heavy (non-hydrogen) atoms. The summed E-state index contributed by atoms with van der Waals surface area (Å²) in [7, 11) is 0. The van der Waals surface area contributed by atoms with E-state index < -0.39 is 0 Å². The molecule has 0 saturated heterocycles. The van der Waals surface area contributed by atoms with Gasteiger partial charge in [-0.25, -0.2) is 0 Å². The van der Waals surface area contributed by atoms with Crippen LogP contribution >= 0.6 is 0 Å². The molecular formula is C22H38. The van der Waals surface area contributed by atoms with Crippen molar-refractivity contribution in [3.8, 4) is 0 Å². The van der Waals surface area contributed by atoms with Crippen LogP contribution in [0.2, 0.25) is 0 Å². The average molecular weight is 303 g/mol. The van der Waals surface area contributed by atoms with Crippen LogP contribution in [0.15, 0.2) is 48.6 Å². The molecule has 0 spiro atoms. The van der Waals surface area contributed by atoms with Crippen molar-refractivity contribution in [3.05, 3.63) is 48.6 Å². The van der Waals surface area contributed by atoms with Gasteiger partial charge in [0.05, 0.1) is 0 Å². The zero-order valence-electron chi connectivity index (χ0n) is 15.7. The topological polar surface area (TPSA) is 0 Å². The summed E-state index contributed by atoms with van der Waals surface area (Å²) in [5.74, 6) is 2.07. The van der Waals surface area contributed by atoms with Gasteiger partial charge in [-0.2, -0.15) is 0 Å². The lowest BCUT2D eigenvalue weighted by atomic mass is 9.75. The number of hydrogen-bond donors (Lipinski definition) is 0. The molecule has 0 nitrogen and oxygen atoms in total. The smallest absolute Gasteiger partial charge is 0.0172 e. The third-order valence-electron chi connectivity index (χ3n) is 4.51. The first-order valence-electron chi connectivity index (χ1n) is 9.12. The maximum absolute atomic E-state index is 4.43. The lowest BCUT2D eigenvalue weighted by Gasteiger charge is -2.30. The molecule has 0 aromatic carbocycles. The molecule has 0 N–H and O–H groups in total. The molecule has 0 bridgehead atoms. The molecule has 0 aliphatic rings. The van der Waals surface area contributed by atoms with Crippen LogP contribution in [0.5, 0.6) is 0 Å². The fourth-order valence-corrected chi connectivity index (χ4v) is 3.23. The van der Waals surface area contributed by atoms with E-state index in [4.69, 9.17) is 0 Å². The fourth-order valence-electron chi connectivity index (χ4n) is 3.23. The first-order valence-corrected chi connectivity index (χ1v) is 9.12. The molecule has 0 saturated carbocycles. The van der Waals surface area contributed by atoms with Crippen LogP contribution in [-0.4, -0.2) is 0 Å². The van der Waals surface area contributed by atoms with Crippen molar-refractivity contribution in [3.63, 3.8) is 0 Å². The highest BCUT2D eigenvalue weighted by Crippen LogP contribution is 2.35. The normalized spacial score (nSPS) is 14.0. The van der Waals surface area contributed by atoms with Gasteiger partial charge in [0.25, 0.3) is 0 Å². The Labute approximate surface area is 140 Å². The van der Waals surface area contributed by atoms with E-state index in [2.05, 4.69) is 66.0 Å². The average Bonchev–Trinajstić information content (AvgIpc) is 2.47. The quantitative estimate of drug-likeness (QED) is 0.258. The molecule has 0 heterocycles. The highest BCUT2D eigenvalue weighted by molar-refractivity contribution is 5.20. The Balaban J connectivity index is 4.82. The Hall–Kier alpha value is -1.04. The molecule has 0 aliphatic heterocycles. The van der Waals surface area contributed by atoms with Crippen molar-refractivity contribution >= 4 is 0 Å². The van der Waals surface area contributed by atoms with Crippen LogP contribution in [0.4, 0.5) is 0 Å². The van der Waals surface area contributed by atoms with Crippen molar-refractivity contribution < 1.29 is 0 Å². The summed E-state index contributed by atoms with van der Waals surface area (Å²) in [4.78, 5) is 0. The Morgan fingerprint density at radius 1 is 1.05 bits per heavy atom. The molecule has 1 unspecified atom stereocenters. The van der Waals surface area contributed by atoms with Gasteiger partial charge in [-0.1, -0.05) is 102 Å². The lowest BCUT2D eigenvalue weighted by Crippen LogP contribution is -2.19. The first-order chi connectivity index (χ1) is 10.5. The Morgan fingerprint density at radius 2 is 1.64 bits per heavy atom. The van der Waals surface area contributed by atoms with Crippen molar-refractivity contribution in [2.45, 2.75) is 73.1 Å². The van der Waals surface area contributed by atoms with E-state index in [0.29, 0.717) is 11.8 Å². The maximum atomic E-state index is 4.43. The van der Waals surface area contributed by atoms with E-state index >= 15 is 0 Å². The minimum atomic E-state index is 0.590. The van der Waals surface area contributed by atoms with Crippen molar-refractivity contribution in [1.29, 1.82) is 0 Å². The van der Waals surface area contributed by atoms with Crippen LogP contribution in [-0.2, 0) is 0 Å². The second-order valence-electron chi connectivity index (χ2n) is 6.80. The SMILES string of the molecule is C=C/C=C(C)\C=C/CCC(C(=C)C(C)C)C(CCC)CCC. The van der Waals surface area contributed by atoms with Crippen molar-refractivity contribution in [2.75, 3.05) is 0 Å². The van der Waals surface area contributed by atoms with E-state index in [1.165, 1.54) is 43.3 Å². The van der Waals surface area contributed by atoms with Crippen LogP contribution < -0.4 is 0 Å². The highest BCUT2D eigenvalue weighted by Gasteiger charge is 2.23. The van der Waals surface area contributed by atoms with Gasteiger partial charge in [0.1, 0.15) is 0 Å². The Kier molecular flexibility index (Phi) is 11.9. The summed E-state index contributed by atoms with van der Waals surface area (Å²) >= 11 is 0. The summed E-state index contributed by atoms with van der Waals surface area (Å²) in [6.45, 7) is 19.5. The largest absolute Gasteiger partial charge is 0.0993 e. The minimum Gasteiger partial charge on any atom is -0.0993 e. The maximum Gasteiger partial charge on any atom is -0.0172 e. The zero-order valence-corrected chi connectivity index (χ0v) is 15.7. The molecular weight excluding hydrogens is 264 g/mol. The minimum absolute atomic E-state index is 0.590. The van der Waals surface area contributed by atoms with Gasteiger partial charge < -0.3 is 0 Å². The molecule has 0 aliphatic carbocycles. The Bertz CT molecular complexity index is 361. The third kappa shape index (κ3) is 8.41. The summed E-state index contributed by atoms with van der Waals surface area (Å²) < 4.78 is 0. The van der Waals surface area contributed by atoms with E-state index in [9.17, 15) is 0 Å². The second kappa shape index (κ2) is 12.5.